The van der Waals surface area contributed by atoms with Crippen molar-refractivity contribution < 1.29 is 19.4 Å². The van der Waals surface area contributed by atoms with E-state index in [1.54, 1.807) is 18.2 Å². The molecule has 0 aromatic heterocycles. The van der Waals surface area contributed by atoms with Crippen molar-refractivity contribution in [1.29, 1.82) is 0 Å². The lowest BCUT2D eigenvalue weighted by atomic mass is 9.82. The van der Waals surface area contributed by atoms with Crippen LogP contribution in [-0.2, 0) is 4.79 Å². The molecule has 7 N–H and O–H groups in total. The Morgan fingerprint density at radius 2 is 1.90 bits per heavy atom. The van der Waals surface area contributed by atoms with Crippen LogP contribution in [0.3, 0.4) is 0 Å². The fraction of sp³-hybridized carbons (Fsp3) is 0.318. The summed E-state index contributed by atoms with van der Waals surface area (Å²) in [6, 6.07) is 9.91. The first kappa shape index (κ1) is 20.4. The maximum absolute atomic E-state index is 12.1. The lowest BCUT2D eigenvalue weighted by Gasteiger charge is -2.28. The minimum Gasteiger partial charge on any atom is -0.508 e. The number of fused-ring (bicyclic) bond motifs is 1. The summed E-state index contributed by atoms with van der Waals surface area (Å²) in [7, 11) is 0. The number of rotatable bonds is 5. The van der Waals surface area contributed by atoms with E-state index in [1.165, 1.54) is 12.1 Å². The van der Waals surface area contributed by atoms with Crippen molar-refractivity contribution in [3.63, 3.8) is 0 Å². The molecule has 1 heterocycles. The molecule has 0 saturated carbocycles. The summed E-state index contributed by atoms with van der Waals surface area (Å²) < 4.78 is 11.4. The molecule has 0 saturated heterocycles. The quantitative estimate of drug-likeness (QED) is 0.573. The fourth-order valence-corrected chi connectivity index (χ4v) is 3.28. The van der Waals surface area contributed by atoms with Gasteiger partial charge in [0.1, 0.15) is 17.2 Å². The molecule has 1 atom stereocenters. The van der Waals surface area contributed by atoms with Gasteiger partial charge >= 0.3 is 0 Å². The van der Waals surface area contributed by atoms with Gasteiger partial charge in [0.15, 0.2) is 0 Å². The Kier molecular flexibility index (Phi) is 5.33. The minimum absolute atomic E-state index is 0.0387. The van der Waals surface area contributed by atoms with Crippen molar-refractivity contribution in [2.24, 2.45) is 16.9 Å². The van der Waals surface area contributed by atoms with Crippen LogP contribution >= 0.6 is 0 Å². The summed E-state index contributed by atoms with van der Waals surface area (Å²) in [6.45, 7) is 6.97. The second-order valence-electron chi connectivity index (χ2n) is 8.36. The fourth-order valence-electron chi connectivity index (χ4n) is 3.28. The summed E-state index contributed by atoms with van der Waals surface area (Å²) in [4.78, 5) is 12.1. The molecule has 2 aromatic carbocycles. The Balaban J connectivity index is 1.99. The molecule has 154 valence electrons. The molecule has 7 heteroatoms. The van der Waals surface area contributed by atoms with Crippen LogP contribution < -0.4 is 26.7 Å². The van der Waals surface area contributed by atoms with E-state index in [0.29, 0.717) is 34.9 Å². The monoisotopic (exact) mass is 397 g/mol. The van der Waals surface area contributed by atoms with Crippen LogP contribution in [0, 0.1) is 5.41 Å². The summed E-state index contributed by atoms with van der Waals surface area (Å²) in [6.07, 6.45) is 0.881. The van der Waals surface area contributed by atoms with Crippen LogP contribution in [0.5, 0.6) is 17.2 Å². The predicted octanol–water partition coefficient (Wildman–Crippen LogP) is 2.97. The van der Waals surface area contributed by atoms with Crippen molar-refractivity contribution in [1.82, 2.24) is 0 Å². The average molecular weight is 397 g/mol. The number of primary amides is 1. The third-order valence-corrected chi connectivity index (χ3v) is 4.82. The van der Waals surface area contributed by atoms with Crippen molar-refractivity contribution in [2.45, 2.75) is 33.1 Å². The lowest BCUT2D eigenvalue weighted by molar-refractivity contribution is -0.115. The normalized spacial score (nSPS) is 16.2. The van der Waals surface area contributed by atoms with E-state index in [4.69, 9.17) is 26.7 Å². The number of hydrogen-bond donors (Lipinski definition) is 4. The van der Waals surface area contributed by atoms with E-state index in [2.05, 4.69) is 20.8 Å². The molecule has 0 aliphatic carbocycles. The predicted molar refractivity (Wildman–Crippen MR) is 111 cm³/mol. The van der Waals surface area contributed by atoms with Crippen molar-refractivity contribution in [3.05, 3.63) is 59.0 Å². The molecule has 3 rings (SSSR count). The zero-order valence-corrected chi connectivity index (χ0v) is 16.9. The summed E-state index contributed by atoms with van der Waals surface area (Å²) >= 11 is 0. The number of ether oxygens (including phenoxy) is 2. The third kappa shape index (κ3) is 4.39. The molecule has 1 unspecified atom stereocenters. The molecule has 1 amide bonds. The molecule has 2 aromatic rings. The van der Waals surface area contributed by atoms with Crippen LogP contribution in [0.1, 0.15) is 44.2 Å². The largest absolute Gasteiger partial charge is 0.508 e. The van der Waals surface area contributed by atoms with Crippen LogP contribution in [0.4, 0.5) is 5.69 Å². The highest BCUT2D eigenvalue weighted by Crippen LogP contribution is 2.44. The number of carbonyl (C=O) groups excluding carboxylic acids is 1. The molecule has 1 aliphatic rings. The van der Waals surface area contributed by atoms with Crippen molar-refractivity contribution in [3.8, 4) is 17.2 Å². The van der Waals surface area contributed by atoms with Gasteiger partial charge in [-0.05, 0) is 47.7 Å². The van der Waals surface area contributed by atoms with Crippen LogP contribution in [0.25, 0.3) is 0 Å². The lowest BCUT2D eigenvalue weighted by Crippen LogP contribution is -2.30. The zero-order valence-electron chi connectivity index (χ0n) is 16.9. The van der Waals surface area contributed by atoms with E-state index in [-0.39, 0.29) is 22.6 Å². The molecule has 1 aliphatic heterocycles. The number of phenolic OH excluding ortho intramolecular Hbond substituents is 1. The molecule has 0 spiro atoms. The van der Waals surface area contributed by atoms with Gasteiger partial charge in [0.2, 0.25) is 5.88 Å². The number of nitrogen functional groups attached to an aromatic ring is 1. The molecule has 0 fully saturated rings. The van der Waals surface area contributed by atoms with Crippen LogP contribution in [0.2, 0.25) is 0 Å². The van der Waals surface area contributed by atoms with E-state index >= 15 is 0 Å². The minimum atomic E-state index is -0.703. The standard InChI is InChI=1S/C22H27N3O4/c1-22(2,3)8-9-28-17-6-4-12(10-15(17)23)18-14-11-13(26)5-7-16(14)29-21(25)19(18)20(24)27/h4-7,10-11,18,26H,8-9,23,25H2,1-3H3,(H2,24,27). The number of hydrogen-bond acceptors (Lipinski definition) is 6. The van der Waals surface area contributed by atoms with Crippen LogP contribution in [0.15, 0.2) is 47.9 Å². The van der Waals surface area contributed by atoms with E-state index in [9.17, 15) is 9.90 Å². The summed E-state index contributed by atoms with van der Waals surface area (Å²) in [5, 5.41) is 9.94. The first-order chi connectivity index (χ1) is 13.6. The van der Waals surface area contributed by atoms with E-state index in [1.807, 2.05) is 6.07 Å². The summed E-state index contributed by atoms with van der Waals surface area (Å²) in [5.74, 6) is -0.334. The molecular formula is C22H27N3O4. The molecule has 29 heavy (non-hydrogen) atoms. The highest BCUT2D eigenvalue weighted by atomic mass is 16.5. The van der Waals surface area contributed by atoms with E-state index in [0.717, 1.165) is 6.42 Å². The maximum atomic E-state index is 12.1. The van der Waals surface area contributed by atoms with Gasteiger partial charge in [0, 0.05) is 11.5 Å². The smallest absolute Gasteiger partial charge is 0.250 e. The SMILES string of the molecule is CC(C)(C)CCOc1ccc(C2C(C(N)=O)=C(N)Oc3ccc(O)cc32)cc1N. The number of amides is 1. The Morgan fingerprint density at radius 1 is 1.17 bits per heavy atom. The number of aromatic hydroxyl groups is 1. The first-order valence-electron chi connectivity index (χ1n) is 9.39. The molecule has 0 bridgehead atoms. The average Bonchev–Trinajstić information content (AvgIpc) is 2.61. The third-order valence-electron chi connectivity index (χ3n) is 4.82. The Labute approximate surface area is 170 Å². The number of benzene rings is 2. The van der Waals surface area contributed by atoms with Crippen molar-refractivity contribution in [2.75, 3.05) is 12.3 Å². The number of anilines is 1. The Bertz CT molecular complexity index is 977. The maximum Gasteiger partial charge on any atom is 0.250 e. The topological polar surface area (TPSA) is 134 Å². The van der Waals surface area contributed by atoms with Gasteiger partial charge in [-0.3, -0.25) is 4.79 Å². The van der Waals surface area contributed by atoms with Crippen LogP contribution in [-0.4, -0.2) is 17.6 Å². The van der Waals surface area contributed by atoms with E-state index < -0.39 is 11.8 Å². The van der Waals surface area contributed by atoms with Gasteiger partial charge in [-0.1, -0.05) is 26.8 Å². The second kappa shape index (κ2) is 7.58. The highest BCUT2D eigenvalue weighted by Gasteiger charge is 2.34. The number of nitrogens with two attached hydrogens (primary N) is 3. The molecular weight excluding hydrogens is 370 g/mol. The van der Waals surface area contributed by atoms with Gasteiger partial charge in [-0.2, -0.15) is 0 Å². The number of phenols is 1. The Morgan fingerprint density at radius 3 is 2.52 bits per heavy atom. The van der Waals surface area contributed by atoms with Gasteiger partial charge < -0.3 is 31.8 Å². The summed E-state index contributed by atoms with van der Waals surface area (Å²) in [5.41, 5.74) is 19.7. The first-order valence-corrected chi connectivity index (χ1v) is 9.39. The van der Waals surface area contributed by atoms with Crippen molar-refractivity contribution >= 4 is 11.6 Å². The van der Waals surface area contributed by atoms with Gasteiger partial charge in [0.05, 0.1) is 17.9 Å². The highest BCUT2D eigenvalue weighted by molar-refractivity contribution is 5.95. The van der Waals surface area contributed by atoms with Gasteiger partial charge in [-0.25, -0.2) is 0 Å². The Hall–Kier alpha value is -3.35. The second-order valence-corrected chi connectivity index (χ2v) is 8.36. The molecule has 7 nitrogen and oxygen atoms in total. The number of carbonyl (C=O) groups is 1. The zero-order chi connectivity index (χ0) is 21.3. The van der Waals surface area contributed by atoms with Gasteiger partial charge in [-0.15, -0.1) is 0 Å². The molecule has 0 radical (unpaired) electrons. The van der Waals surface area contributed by atoms with Gasteiger partial charge in [0.25, 0.3) is 5.91 Å².